The molecule has 0 bridgehead atoms. The molecule has 392 valence electrons. The van der Waals surface area contributed by atoms with Crippen LogP contribution in [0.1, 0.15) is 194 Å². The largest absolute Gasteiger partial charge is 0.472 e. The van der Waals surface area contributed by atoms with E-state index in [0.717, 1.165) is 103 Å². The summed E-state index contributed by atoms with van der Waals surface area (Å²) in [7, 11) is -5.04. The van der Waals surface area contributed by atoms with Gasteiger partial charge < -0.3 is 39.9 Å². The van der Waals surface area contributed by atoms with Gasteiger partial charge in [-0.3, -0.25) is 13.8 Å². The molecule has 12 nitrogen and oxygen atoms in total. The second-order valence-electron chi connectivity index (χ2n) is 18.0. The molecule has 1 rings (SSSR count). The van der Waals surface area contributed by atoms with Crippen LogP contribution in [-0.4, -0.2) is 98.9 Å². The average Bonchev–Trinajstić information content (AvgIpc) is 3.32. The quantitative estimate of drug-likeness (QED) is 0.0147. The minimum Gasteiger partial charge on any atom is -0.457 e. The van der Waals surface area contributed by atoms with Crippen molar-refractivity contribution in [1.29, 1.82) is 0 Å². The van der Waals surface area contributed by atoms with Crippen LogP contribution in [0.2, 0.25) is 0 Å². The highest BCUT2D eigenvalue weighted by atomic mass is 31.2. The molecular formula is C55H95O12P. The molecule has 6 unspecified atom stereocenters. The first-order valence-electron chi connectivity index (χ1n) is 26.4. The minimum atomic E-state index is -5.04. The van der Waals surface area contributed by atoms with Crippen molar-refractivity contribution in [3.63, 3.8) is 0 Å². The van der Waals surface area contributed by atoms with Crippen LogP contribution >= 0.6 is 7.82 Å². The van der Waals surface area contributed by atoms with E-state index < -0.39 is 63.1 Å². The van der Waals surface area contributed by atoms with Gasteiger partial charge in [-0.25, -0.2) is 4.57 Å². The van der Waals surface area contributed by atoms with Crippen molar-refractivity contribution in [2.24, 2.45) is 0 Å². The van der Waals surface area contributed by atoms with Crippen LogP contribution in [0.25, 0.3) is 0 Å². The Labute approximate surface area is 412 Å². The number of aliphatic hydroxyl groups excluding tert-OH is 5. The third kappa shape index (κ3) is 35.6. The molecule has 1 fully saturated rings. The predicted octanol–water partition coefficient (Wildman–Crippen LogP) is 12.1. The summed E-state index contributed by atoms with van der Waals surface area (Å²) in [5, 5.41) is 50.4. The van der Waals surface area contributed by atoms with Crippen molar-refractivity contribution >= 4 is 13.8 Å². The molecule has 6 N–H and O–H groups in total. The first-order valence-corrected chi connectivity index (χ1v) is 27.9. The van der Waals surface area contributed by atoms with Crippen LogP contribution in [0.5, 0.6) is 0 Å². The van der Waals surface area contributed by atoms with Gasteiger partial charge in [-0.2, -0.15) is 0 Å². The van der Waals surface area contributed by atoms with Crippen LogP contribution in [0.4, 0.5) is 0 Å². The Balaban J connectivity index is 2.35. The van der Waals surface area contributed by atoms with Crippen molar-refractivity contribution in [3.05, 3.63) is 85.1 Å². The van der Waals surface area contributed by atoms with Gasteiger partial charge in [0.25, 0.3) is 0 Å². The van der Waals surface area contributed by atoms with Gasteiger partial charge in [0, 0.05) is 13.0 Å². The Hall–Kier alpha value is -2.48. The van der Waals surface area contributed by atoms with Crippen LogP contribution in [0.3, 0.4) is 0 Å². The van der Waals surface area contributed by atoms with E-state index in [2.05, 4.69) is 98.9 Å². The molecule has 1 aliphatic carbocycles. The lowest BCUT2D eigenvalue weighted by molar-refractivity contribution is -0.220. The Morgan fingerprint density at radius 3 is 1.32 bits per heavy atom. The zero-order valence-electron chi connectivity index (χ0n) is 42.1. The van der Waals surface area contributed by atoms with Crippen LogP contribution in [0, 0.1) is 0 Å². The molecule has 0 aromatic carbocycles. The van der Waals surface area contributed by atoms with Gasteiger partial charge in [-0.15, -0.1) is 0 Å². The topological polar surface area (TPSA) is 192 Å². The molecule has 0 saturated heterocycles. The first kappa shape index (κ1) is 63.5. The second kappa shape index (κ2) is 44.5. The number of ether oxygens (including phenoxy) is 2. The third-order valence-electron chi connectivity index (χ3n) is 11.8. The molecule has 6 atom stereocenters. The first-order chi connectivity index (χ1) is 33.0. The molecule has 13 heteroatoms. The number of aliphatic hydroxyl groups is 5. The average molecular weight is 979 g/mol. The maximum atomic E-state index is 12.9. The highest BCUT2D eigenvalue weighted by molar-refractivity contribution is 7.47. The maximum absolute atomic E-state index is 12.9. The highest BCUT2D eigenvalue weighted by Gasteiger charge is 2.51. The molecule has 0 aliphatic heterocycles. The standard InChI is InChI=1S/C55H95O12P/c1-3-5-7-9-11-13-15-17-19-21-23-25-26-28-30-32-34-36-38-40-42-44-49(56)66-48(47-65-68(62,63)67-55-53(60)51(58)50(57)52(59)54(55)61)46-64-45-43-41-39-37-35-33-31-29-27-24-22-20-18-16-14-12-10-8-6-4-2/h5,7,11-14,17-20,23-25,27,48,50-55,57-61H,3-4,6,8-10,15-16,21-22,26,28-47H2,1-2H3,(H,62,63)/b7-5-,13-11-,14-12-,19-17-,20-18-,25-23-,27-24-. The summed E-state index contributed by atoms with van der Waals surface area (Å²) < 4.78 is 34.3. The summed E-state index contributed by atoms with van der Waals surface area (Å²) in [6.07, 6.45) is 47.8. The third-order valence-corrected chi connectivity index (χ3v) is 12.7. The predicted molar refractivity (Wildman–Crippen MR) is 276 cm³/mol. The molecular weight excluding hydrogens is 884 g/mol. The minimum absolute atomic E-state index is 0.0915. The van der Waals surface area contributed by atoms with E-state index in [1.54, 1.807) is 0 Å². The van der Waals surface area contributed by atoms with Crippen LogP contribution in [0.15, 0.2) is 85.1 Å². The van der Waals surface area contributed by atoms with Crippen molar-refractivity contribution < 1.29 is 58.3 Å². The zero-order valence-corrected chi connectivity index (χ0v) is 43.0. The molecule has 0 radical (unpaired) electrons. The van der Waals surface area contributed by atoms with Crippen molar-refractivity contribution in [2.75, 3.05) is 19.8 Å². The van der Waals surface area contributed by atoms with E-state index >= 15 is 0 Å². The fourth-order valence-electron chi connectivity index (χ4n) is 7.59. The molecule has 0 amide bonds. The number of carbonyl (C=O) groups excluding carboxylic acids is 1. The number of esters is 1. The van der Waals surface area contributed by atoms with E-state index in [-0.39, 0.29) is 13.0 Å². The lowest BCUT2D eigenvalue weighted by Crippen LogP contribution is -2.64. The molecule has 0 spiro atoms. The summed E-state index contributed by atoms with van der Waals surface area (Å²) >= 11 is 0. The van der Waals surface area contributed by atoms with Gasteiger partial charge >= 0.3 is 13.8 Å². The summed E-state index contributed by atoms with van der Waals surface area (Å²) in [5.41, 5.74) is 0. The van der Waals surface area contributed by atoms with E-state index in [0.29, 0.717) is 13.0 Å². The summed E-state index contributed by atoms with van der Waals surface area (Å²) in [5.74, 6) is -0.492. The number of unbranched alkanes of at least 4 members (excludes halogenated alkanes) is 18. The summed E-state index contributed by atoms with van der Waals surface area (Å²) in [6, 6.07) is 0. The molecule has 1 aliphatic rings. The van der Waals surface area contributed by atoms with Crippen LogP contribution in [-0.2, 0) is 27.9 Å². The molecule has 68 heavy (non-hydrogen) atoms. The smallest absolute Gasteiger partial charge is 0.457 e. The normalized spacial score (nSPS) is 21.8. The number of carbonyl (C=O) groups is 1. The number of phosphoric ester groups is 1. The Bertz CT molecular complexity index is 1440. The van der Waals surface area contributed by atoms with Crippen molar-refractivity contribution in [3.8, 4) is 0 Å². The fourth-order valence-corrected chi connectivity index (χ4v) is 8.56. The van der Waals surface area contributed by atoms with Gasteiger partial charge in [-0.05, 0) is 89.9 Å². The van der Waals surface area contributed by atoms with E-state index in [1.807, 2.05) is 0 Å². The van der Waals surface area contributed by atoms with Gasteiger partial charge in [0.15, 0.2) is 0 Å². The fraction of sp³-hybridized carbons (Fsp3) is 0.727. The second-order valence-corrected chi connectivity index (χ2v) is 19.4. The number of hydrogen-bond donors (Lipinski definition) is 6. The summed E-state index contributed by atoms with van der Waals surface area (Å²) in [4.78, 5) is 23.3. The molecule has 1 saturated carbocycles. The molecule has 0 aromatic heterocycles. The maximum Gasteiger partial charge on any atom is 0.472 e. The van der Waals surface area contributed by atoms with Gasteiger partial charge in [0.1, 0.15) is 42.7 Å². The van der Waals surface area contributed by atoms with Gasteiger partial charge in [0.05, 0.1) is 13.2 Å². The summed E-state index contributed by atoms with van der Waals surface area (Å²) in [6.45, 7) is 4.10. The number of allylic oxidation sites excluding steroid dienone is 14. The molecule has 0 aromatic rings. The lowest BCUT2D eigenvalue weighted by Gasteiger charge is -2.41. The van der Waals surface area contributed by atoms with E-state index in [9.17, 15) is 39.8 Å². The van der Waals surface area contributed by atoms with Crippen LogP contribution < -0.4 is 0 Å². The van der Waals surface area contributed by atoms with Crippen molar-refractivity contribution in [1.82, 2.24) is 0 Å². The Kier molecular flexibility index (Phi) is 41.5. The number of hydrogen-bond acceptors (Lipinski definition) is 11. The van der Waals surface area contributed by atoms with Gasteiger partial charge in [0.2, 0.25) is 0 Å². The van der Waals surface area contributed by atoms with Crippen molar-refractivity contribution in [2.45, 2.75) is 236 Å². The number of phosphoric acid groups is 1. The zero-order chi connectivity index (χ0) is 49.8. The van der Waals surface area contributed by atoms with E-state index in [1.165, 1.54) is 64.2 Å². The Morgan fingerprint density at radius 2 is 0.868 bits per heavy atom. The van der Waals surface area contributed by atoms with E-state index in [4.69, 9.17) is 18.5 Å². The monoisotopic (exact) mass is 979 g/mol. The highest BCUT2D eigenvalue weighted by Crippen LogP contribution is 2.47. The van der Waals surface area contributed by atoms with Gasteiger partial charge in [-0.1, -0.05) is 182 Å². The lowest BCUT2D eigenvalue weighted by atomic mass is 9.85. The number of rotatable bonds is 44. The SMILES string of the molecule is CC/C=C\C/C=C\C/C=C\C/C=C\CCCCCCCCCCC(=O)OC(COCCCCCCCCC/C=C\C/C=C\C/C=C\CCCCC)COP(=O)(O)OC1C(O)C(O)C(O)C(O)C1O. The Morgan fingerprint density at radius 1 is 0.485 bits per heavy atom. The molecule has 0 heterocycles.